The van der Waals surface area contributed by atoms with E-state index < -0.39 is 11.0 Å². The lowest BCUT2D eigenvalue weighted by atomic mass is 9.59. The second kappa shape index (κ2) is 13.2. The van der Waals surface area contributed by atoms with Crippen LogP contribution >= 0.6 is 36.4 Å². The van der Waals surface area contributed by atoms with E-state index in [0.717, 1.165) is 44.3 Å². The fraction of sp³-hybridized carbons (Fsp3) is 0.538. The van der Waals surface area contributed by atoms with Crippen molar-refractivity contribution in [2.75, 3.05) is 47.9 Å². The van der Waals surface area contributed by atoms with E-state index in [1.807, 2.05) is 24.3 Å². The Kier molecular flexibility index (Phi) is 12.0. The van der Waals surface area contributed by atoms with Gasteiger partial charge in [0.15, 0.2) is 0 Å². The molecule has 2 atom stereocenters. The van der Waals surface area contributed by atoms with Crippen molar-refractivity contribution in [1.29, 1.82) is 0 Å². The van der Waals surface area contributed by atoms with Crippen molar-refractivity contribution in [1.82, 2.24) is 9.80 Å². The Labute approximate surface area is 217 Å². The number of rotatable bonds is 9. The number of ether oxygens (including phenoxy) is 1. The predicted octanol–water partition coefficient (Wildman–Crippen LogP) is 5.78. The Hall–Kier alpha value is -1.01. The molecule has 1 aliphatic heterocycles. The second-order valence-corrected chi connectivity index (χ2v) is 9.80. The SMILES string of the molecule is CN(C)CCCC1(O)c2ccc(Cl)cc2OCCC1(CCCN(C)C)c1ccccc1.Cl.Cl. The highest BCUT2D eigenvalue weighted by Gasteiger charge is 2.53. The molecule has 4 nitrogen and oxygen atoms in total. The van der Waals surface area contributed by atoms with Gasteiger partial charge in [0.2, 0.25) is 0 Å². The number of benzene rings is 2. The molecule has 0 saturated heterocycles. The van der Waals surface area contributed by atoms with Crippen LogP contribution < -0.4 is 4.74 Å². The van der Waals surface area contributed by atoms with E-state index in [1.165, 1.54) is 5.56 Å². The zero-order chi connectivity index (χ0) is 22.5. The molecular formula is C26H39Cl3N2O2. The van der Waals surface area contributed by atoms with Gasteiger partial charge in [0, 0.05) is 16.0 Å². The lowest BCUT2D eigenvalue weighted by molar-refractivity contribution is -0.0639. The first kappa shape index (κ1) is 30.0. The minimum atomic E-state index is -1.05. The molecule has 0 aromatic heterocycles. The normalized spacial score (nSPS) is 22.1. The van der Waals surface area contributed by atoms with Crippen LogP contribution in [0, 0.1) is 0 Å². The van der Waals surface area contributed by atoms with Gasteiger partial charge in [-0.25, -0.2) is 0 Å². The van der Waals surface area contributed by atoms with E-state index >= 15 is 0 Å². The molecule has 2 unspecified atom stereocenters. The summed E-state index contributed by atoms with van der Waals surface area (Å²) in [6, 6.07) is 16.3. The van der Waals surface area contributed by atoms with Crippen molar-refractivity contribution >= 4 is 36.4 Å². The lowest BCUT2D eigenvalue weighted by Crippen LogP contribution is -2.50. The summed E-state index contributed by atoms with van der Waals surface area (Å²) in [5.41, 5.74) is 0.567. The van der Waals surface area contributed by atoms with Gasteiger partial charge in [-0.1, -0.05) is 48.0 Å². The summed E-state index contributed by atoms with van der Waals surface area (Å²) in [6.07, 6.45) is 4.21. The number of hydrogen-bond acceptors (Lipinski definition) is 4. The summed E-state index contributed by atoms with van der Waals surface area (Å²) in [6.45, 7) is 2.46. The highest BCUT2D eigenvalue weighted by atomic mass is 35.5. The maximum atomic E-state index is 12.7. The van der Waals surface area contributed by atoms with E-state index in [9.17, 15) is 5.11 Å². The average Bonchev–Trinajstić information content (AvgIpc) is 2.83. The minimum Gasteiger partial charge on any atom is -0.493 e. The smallest absolute Gasteiger partial charge is 0.126 e. The molecule has 33 heavy (non-hydrogen) atoms. The van der Waals surface area contributed by atoms with Crippen molar-refractivity contribution in [2.24, 2.45) is 0 Å². The Balaban J connectivity index is 0.00000272. The molecule has 1 heterocycles. The largest absolute Gasteiger partial charge is 0.493 e. The monoisotopic (exact) mass is 516 g/mol. The summed E-state index contributed by atoms with van der Waals surface area (Å²) in [7, 11) is 8.36. The van der Waals surface area contributed by atoms with Crippen LogP contribution in [0.3, 0.4) is 0 Å². The molecule has 2 aromatic rings. The molecule has 1 N–H and O–H groups in total. The van der Waals surface area contributed by atoms with Crippen LogP contribution in [0.5, 0.6) is 5.75 Å². The van der Waals surface area contributed by atoms with Gasteiger partial charge in [-0.15, -0.1) is 24.8 Å². The summed E-state index contributed by atoms with van der Waals surface area (Å²) in [5.74, 6) is 0.713. The van der Waals surface area contributed by atoms with E-state index in [0.29, 0.717) is 23.8 Å². The van der Waals surface area contributed by atoms with Gasteiger partial charge >= 0.3 is 0 Å². The van der Waals surface area contributed by atoms with Crippen molar-refractivity contribution in [3.05, 3.63) is 64.7 Å². The summed E-state index contributed by atoms with van der Waals surface area (Å²) >= 11 is 6.30. The molecular weight excluding hydrogens is 479 g/mol. The van der Waals surface area contributed by atoms with Crippen molar-refractivity contribution in [3.8, 4) is 5.75 Å². The molecule has 0 aliphatic carbocycles. The first-order chi connectivity index (χ1) is 14.8. The molecule has 0 spiro atoms. The predicted molar refractivity (Wildman–Crippen MR) is 144 cm³/mol. The molecule has 186 valence electrons. The van der Waals surface area contributed by atoms with E-state index in [-0.39, 0.29) is 24.8 Å². The van der Waals surface area contributed by atoms with Crippen molar-refractivity contribution < 1.29 is 9.84 Å². The van der Waals surface area contributed by atoms with Crippen molar-refractivity contribution in [3.63, 3.8) is 0 Å². The maximum Gasteiger partial charge on any atom is 0.126 e. The van der Waals surface area contributed by atoms with Gasteiger partial charge in [-0.3, -0.25) is 0 Å². The number of halogens is 3. The molecule has 0 bridgehead atoms. The third-order valence-corrected chi connectivity index (χ3v) is 6.88. The van der Waals surface area contributed by atoms with E-state index in [2.05, 4.69) is 62.3 Å². The highest BCUT2D eigenvalue weighted by molar-refractivity contribution is 6.30. The van der Waals surface area contributed by atoms with Crippen LogP contribution in [0.4, 0.5) is 0 Å². The zero-order valence-electron chi connectivity index (χ0n) is 20.2. The van der Waals surface area contributed by atoms with Crippen LogP contribution in [0.15, 0.2) is 48.5 Å². The summed E-state index contributed by atoms with van der Waals surface area (Å²) in [5, 5.41) is 13.3. The van der Waals surface area contributed by atoms with E-state index in [4.69, 9.17) is 16.3 Å². The van der Waals surface area contributed by atoms with Crippen LogP contribution in [0.2, 0.25) is 5.02 Å². The van der Waals surface area contributed by atoms with Gasteiger partial charge in [-0.05, 0) is 91.1 Å². The molecule has 2 aromatic carbocycles. The molecule has 3 rings (SSSR count). The topological polar surface area (TPSA) is 35.9 Å². The summed E-state index contributed by atoms with van der Waals surface area (Å²) < 4.78 is 6.19. The third kappa shape index (κ3) is 6.78. The standard InChI is InChI=1S/C26H37ClN2O2.2ClH/c1-28(2)17-8-14-25(21-10-6-5-7-11-21)16-19-31-24-20-22(27)12-13-23(24)26(25,30)15-9-18-29(3)4;;/h5-7,10-13,20,30H,8-9,14-19H2,1-4H3;2*1H. The zero-order valence-corrected chi connectivity index (χ0v) is 22.6. The van der Waals surface area contributed by atoms with Crippen LogP contribution in [0.1, 0.15) is 43.2 Å². The second-order valence-electron chi connectivity index (χ2n) is 9.36. The third-order valence-electron chi connectivity index (χ3n) is 6.65. The molecule has 7 heteroatoms. The Morgan fingerprint density at radius 3 is 2.12 bits per heavy atom. The Bertz CT molecular complexity index is 851. The Morgan fingerprint density at radius 2 is 1.52 bits per heavy atom. The molecule has 0 fully saturated rings. The average molecular weight is 518 g/mol. The quantitative estimate of drug-likeness (QED) is 0.458. The fourth-order valence-corrected chi connectivity index (χ4v) is 5.26. The van der Waals surface area contributed by atoms with Gasteiger partial charge in [0.1, 0.15) is 11.4 Å². The first-order valence-corrected chi connectivity index (χ1v) is 11.7. The number of aliphatic hydroxyl groups is 1. The summed E-state index contributed by atoms with van der Waals surface area (Å²) in [4.78, 5) is 4.39. The molecule has 0 amide bonds. The van der Waals surface area contributed by atoms with E-state index in [1.54, 1.807) is 0 Å². The first-order valence-electron chi connectivity index (χ1n) is 11.3. The number of fused-ring (bicyclic) bond motifs is 1. The van der Waals surface area contributed by atoms with Crippen LogP contribution in [-0.2, 0) is 11.0 Å². The minimum absolute atomic E-state index is 0. The number of hydrogen-bond donors (Lipinski definition) is 1. The molecule has 1 aliphatic rings. The van der Waals surface area contributed by atoms with Crippen LogP contribution in [-0.4, -0.2) is 62.8 Å². The van der Waals surface area contributed by atoms with Gasteiger partial charge in [0.05, 0.1) is 6.61 Å². The fourth-order valence-electron chi connectivity index (χ4n) is 5.10. The maximum absolute atomic E-state index is 12.7. The Morgan fingerprint density at radius 1 is 0.909 bits per heavy atom. The lowest BCUT2D eigenvalue weighted by Gasteiger charge is -2.48. The van der Waals surface area contributed by atoms with Gasteiger partial charge < -0.3 is 19.6 Å². The van der Waals surface area contributed by atoms with Crippen molar-refractivity contribution in [2.45, 2.75) is 43.1 Å². The van der Waals surface area contributed by atoms with Gasteiger partial charge in [0.25, 0.3) is 0 Å². The van der Waals surface area contributed by atoms with Crippen LogP contribution in [0.25, 0.3) is 0 Å². The number of nitrogens with zero attached hydrogens (tertiary/aromatic N) is 2. The highest BCUT2D eigenvalue weighted by Crippen LogP contribution is 2.54. The molecule has 0 radical (unpaired) electrons. The van der Waals surface area contributed by atoms with Gasteiger partial charge in [-0.2, -0.15) is 0 Å². The molecule has 0 saturated carbocycles.